The number of ether oxygens (including phenoxy) is 2. The molecule has 0 saturated carbocycles. The molecular weight excluding hydrogens is 324 g/mol. The van der Waals surface area contributed by atoms with E-state index >= 15 is 0 Å². The van der Waals surface area contributed by atoms with Crippen molar-refractivity contribution in [1.29, 1.82) is 0 Å². The monoisotopic (exact) mass is 354 g/mol. The summed E-state index contributed by atoms with van der Waals surface area (Å²) >= 11 is 0. The lowest BCUT2D eigenvalue weighted by atomic mass is 9.82. The third-order valence-electron chi connectivity index (χ3n) is 6.70. The predicted molar refractivity (Wildman–Crippen MR) is 104 cm³/mol. The fourth-order valence-corrected chi connectivity index (χ4v) is 5.30. The van der Waals surface area contributed by atoms with E-state index in [0.29, 0.717) is 12.0 Å². The summed E-state index contributed by atoms with van der Waals surface area (Å²) in [5.74, 6) is 2.34. The van der Waals surface area contributed by atoms with E-state index in [4.69, 9.17) is 9.47 Å². The Bertz CT molecular complexity index is 793. The number of piperidine rings is 1. The average Bonchev–Trinajstić information content (AvgIpc) is 2.98. The van der Waals surface area contributed by atoms with Crippen LogP contribution >= 0.6 is 0 Å². The molecule has 4 heteroatoms. The Balaban J connectivity index is 1.50. The molecule has 2 aromatic rings. The predicted octanol–water partition coefficient (Wildman–Crippen LogP) is 4.44. The number of fused-ring (bicyclic) bond motifs is 6. The molecular formula is C22H30N2O2. The average molecular weight is 354 g/mol. The Labute approximate surface area is 155 Å². The minimum absolute atomic E-state index is 0.0788. The molecule has 26 heavy (non-hydrogen) atoms. The zero-order chi connectivity index (χ0) is 17.7. The lowest BCUT2D eigenvalue weighted by Crippen LogP contribution is -2.44. The van der Waals surface area contributed by atoms with Crippen molar-refractivity contribution in [2.75, 3.05) is 19.7 Å². The van der Waals surface area contributed by atoms with Gasteiger partial charge in [0.1, 0.15) is 5.75 Å². The Hall–Kier alpha value is -1.52. The van der Waals surface area contributed by atoms with Gasteiger partial charge in [-0.05, 0) is 62.3 Å². The van der Waals surface area contributed by atoms with Crippen molar-refractivity contribution in [3.63, 3.8) is 0 Å². The topological polar surface area (TPSA) is 37.5 Å². The summed E-state index contributed by atoms with van der Waals surface area (Å²) in [6.45, 7) is 8.04. The normalized spacial score (nSPS) is 34.3. The van der Waals surface area contributed by atoms with E-state index in [1.807, 2.05) is 0 Å². The van der Waals surface area contributed by atoms with Crippen LogP contribution in [-0.2, 0) is 11.2 Å². The molecule has 0 aliphatic carbocycles. The number of H-pyrrole nitrogens is 1. The second kappa shape index (κ2) is 6.58. The maximum absolute atomic E-state index is 6.13. The van der Waals surface area contributed by atoms with E-state index in [1.54, 1.807) is 0 Å². The second-order valence-electron chi connectivity index (χ2n) is 8.57. The molecule has 4 unspecified atom stereocenters. The number of aromatic nitrogens is 1. The highest BCUT2D eigenvalue weighted by molar-refractivity contribution is 5.86. The Kier molecular flexibility index (Phi) is 4.21. The Morgan fingerprint density at radius 2 is 2.15 bits per heavy atom. The van der Waals surface area contributed by atoms with Crippen molar-refractivity contribution < 1.29 is 9.47 Å². The third-order valence-corrected chi connectivity index (χ3v) is 6.70. The molecule has 3 aliphatic rings. The summed E-state index contributed by atoms with van der Waals surface area (Å²) < 4.78 is 11.9. The van der Waals surface area contributed by atoms with Crippen LogP contribution in [0.1, 0.15) is 56.7 Å². The van der Waals surface area contributed by atoms with Crippen LogP contribution in [-0.4, -0.2) is 41.9 Å². The van der Waals surface area contributed by atoms with Gasteiger partial charge in [-0.1, -0.05) is 6.92 Å². The van der Waals surface area contributed by atoms with Crippen LogP contribution in [0.25, 0.3) is 10.9 Å². The first-order chi connectivity index (χ1) is 12.7. The Morgan fingerprint density at radius 3 is 3.00 bits per heavy atom. The van der Waals surface area contributed by atoms with Crippen LogP contribution in [0.2, 0.25) is 0 Å². The molecule has 140 valence electrons. The molecule has 2 saturated heterocycles. The molecule has 5 atom stereocenters. The van der Waals surface area contributed by atoms with E-state index in [1.165, 1.54) is 48.1 Å². The van der Waals surface area contributed by atoms with Crippen LogP contribution < -0.4 is 4.74 Å². The molecule has 0 spiro atoms. The summed E-state index contributed by atoms with van der Waals surface area (Å²) in [6, 6.07) is 7.15. The maximum atomic E-state index is 6.13. The zero-order valence-corrected chi connectivity index (χ0v) is 16.0. The molecule has 2 bridgehead atoms. The summed E-state index contributed by atoms with van der Waals surface area (Å²) in [5, 5.41) is 1.35. The van der Waals surface area contributed by atoms with E-state index in [2.05, 4.69) is 41.9 Å². The van der Waals surface area contributed by atoms with Crippen LogP contribution in [0, 0.1) is 5.92 Å². The molecule has 0 amide bonds. The zero-order valence-electron chi connectivity index (χ0n) is 16.0. The molecule has 5 rings (SSSR count). The van der Waals surface area contributed by atoms with E-state index in [9.17, 15) is 0 Å². The minimum Gasteiger partial charge on any atom is -0.465 e. The van der Waals surface area contributed by atoms with Gasteiger partial charge in [0.25, 0.3) is 0 Å². The van der Waals surface area contributed by atoms with Gasteiger partial charge in [-0.3, -0.25) is 4.90 Å². The number of aromatic amines is 1. The highest BCUT2D eigenvalue weighted by Crippen LogP contribution is 2.42. The molecule has 4 heterocycles. The standard InChI is InChI=1S/C22H30N2O2/c1-14-11-18-15(2)24(13-14)9-8-17-19-12-16(6-7-20(19)23-22(17)18)26-21-5-3-4-10-25-21/h6-7,12,14-15,18,21,23H,3-5,8-11,13H2,1-2H3/t14-,15?,18?,21?/m0/s1. The molecule has 1 aromatic carbocycles. The number of benzene rings is 1. The summed E-state index contributed by atoms with van der Waals surface area (Å²) in [5.41, 5.74) is 4.25. The van der Waals surface area contributed by atoms with Gasteiger partial charge in [-0.15, -0.1) is 0 Å². The van der Waals surface area contributed by atoms with E-state index in [0.717, 1.165) is 37.5 Å². The fraction of sp³-hybridized carbons (Fsp3) is 0.636. The highest BCUT2D eigenvalue weighted by Gasteiger charge is 2.37. The molecule has 4 nitrogen and oxygen atoms in total. The first-order valence-corrected chi connectivity index (χ1v) is 10.4. The van der Waals surface area contributed by atoms with Gasteiger partial charge in [0, 0.05) is 48.1 Å². The number of nitrogens with one attached hydrogen (secondary N) is 1. The van der Waals surface area contributed by atoms with Gasteiger partial charge in [0.2, 0.25) is 0 Å². The van der Waals surface area contributed by atoms with E-state index < -0.39 is 0 Å². The van der Waals surface area contributed by atoms with Gasteiger partial charge in [-0.25, -0.2) is 0 Å². The molecule has 1 N–H and O–H groups in total. The third kappa shape index (κ3) is 2.84. The summed E-state index contributed by atoms with van der Waals surface area (Å²) in [4.78, 5) is 6.47. The van der Waals surface area contributed by atoms with E-state index in [-0.39, 0.29) is 6.29 Å². The van der Waals surface area contributed by atoms with Crippen LogP contribution in [0.3, 0.4) is 0 Å². The minimum atomic E-state index is -0.0788. The summed E-state index contributed by atoms with van der Waals surface area (Å²) in [7, 11) is 0. The molecule has 0 radical (unpaired) electrons. The van der Waals surface area contributed by atoms with Crippen molar-refractivity contribution in [3.8, 4) is 5.75 Å². The lowest BCUT2D eigenvalue weighted by Gasteiger charge is -2.40. The molecule has 3 aliphatic heterocycles. The maximum Gasteiger partial charge on any atom is 0.199 e. The van der Waals surface area contributed by atoms with Crippen LogP contribution in [0.5, 0.6) is 5.75 Å². The SMILES string of the molecule is CC1C2C[C@H](C)CN1CCc1c2[nH]c2ccc(OC3CCCCO3)cc12. The smallest absolute Gasteiger partial charge is 0.199 e. The van der Waals surface area contributed by atoms with Crippen molar-refractivity contribution in [1.82, 2.24) is 9.88 Å². The molecule has 2 fully saturated rings. The van der Waals surface area contributed by atoms with Crippen molar-refractivity contribution in [2.45, 2.75) is 64.2 Å². The van der Waals surface area contributed by atoms with Gasteiger partial charge in [-0.2, -0.15) is 0 Å². The fourth-order valence-electron chi connectivity index (χ4n) is 5.30. The van der Waals surface area contributed by atoms with Crippen molar-refractivity contribution in [3.05, 3.63) is 29.5 Å². The van der Waals surface area contributed by atoms with Crippen molar-refractivity contribution >= 4 is 10.9 Å². The number of nitrogens with zero attached hydrogens (tertiary/aromatic N) is 1. The van der Waals surface area contributed by atoms with Crippen molar-refractivity contribution in [2.24, 2.45) is 5.92 Å². The number of hydrogen-bond donors (Lipinski definition) is 1. The van der Waals surface area contributed by atoms with Gasteiger partial charge in [0.05, 0.1) is 6.61 Å². The van der Waals surface area contributed by atoms with Gasteiger partial charge < -0.3 is 14.5 Å². The second-order valence-corrected chi connectivity index (χ2v) is 8.57. The van der Waals surface area contributed by atoms with Gasteiger partial charge >= 0.3 is 0 Å². The number of rotatable bonds is 2. The van der Waals surface area contributed by atoms with Crippen LogP contribution in [0.15, 0.2) is 18.2 Å². The summed E-state index contributed by atoms with van der Waals surface area (Å²) in [6.07, 6.45) is 5.68. The van der Waals surface area contributed by atoms with Gasteiger partial charge in [0.15, 0.2) is 6.29 Å². The first-order valence-electron chi connectivity index (χ1n) is 10.4. The first kappa shape index (κ1) is 16.6. The Morgan fingerprint density at radius 1 is 1.23 bits per heavy atom. The van der Waals surface area contributed by atoms with Crippen LogP contribution in [0.4, 0.5) is 0 Å². The lowest BCUT2D eigenvalue weighted by molar-refractivity contribution is -0.105. The quantitative estimate of drug-likeness (QED) is 0.866. The molecule has 1 aromatic heterocycles. The highest BCUT2D eigenvalue weighted by atomic mass is 16.7. The largest absolute Gasteiger partial charge is 0.465 e. The number of hydrogen-bond acceptors (Lipinski definition) is 3.